The van der Waals surface area contributed by atoms with Gasteiger partial charge >= 0.3 is 0 Å². The number of hydrogen-bond acceptors (Lipinski definition) is 6. The zero-order valence-corrected chi connectivity index (χ0v) is 18.5. The lowest BCUT2D eigenvalue weighted by atomic mass is 9.91. The van der Waals surface area contributed by atoms with Gasteiger partial charge in [-0.3, -0.25) is 9.69 Å². The molecule has 2 fully saturated rings. The molecular formula is C23H30FN3O3S. The number of thiophene rings is 1. The van der Waals surface area contributed by atoms with Gasteiger partial charge in [0.1, 0.15) is 17.3 Å². The molecule has 1 saturated carbocycles. The Kier molecular flexibility index (Phi) is 6.12. The van der Waals surface area contributed by atoms with Gasteiger partial charge in [-0.05, 0) is 56.1 Å². The molecule has 1 amide bonds. The van der Waals surface area contributed by atoms with Gasteiger partial charge < -0.3 is 15.2 Å². The summed E-state index contributed by atoms with van der Waals surface area (Å²) in [6.07, 6.45) is 8.16. The van der Waals surface area contributed by atoms with E-state index in [9.17, 15) is 9.18 Å². The largest absolute Gasteiger partial charge is 0.490 e. The predicted molar refractivity (Wildman–Crippen MR) is 118 cm³/mol. The molecule has 2 N–H and O–H groups in total. The first kappa shape index (κ1) is 21.1. The van der Waals surface area contributed by atoms with Crippen molar-refractivity contribution in [1.82, 2.24) is 9.88 Å². The predicted octanol–water partition coefficient (Wildman–Crippen LogP) is 3.56. The molecule has 0 radical (unpaired) electrons. The van der Waals surface area contributed by atoms with Crippen molar-refractivity contribution in [3.8, 4) is 5.75 Å². The number of carbonyl (C=O) groups is 1. The van der Waals surface area contributed by atoms with Crippen LogP contribution in [0.4, 0.5) is 4.39 Å². The number of nitrogens with two attached hydrogens (primary N) is 1. The zero-order chi connectivity index (χ0) is 21.4. The van der Waals surface area contributed by atoms with Crippen LogP contribution in [0.5, 0.6) is 5.75 Å². The molecular weight excluding hydrogens is 417 g/mol. The fourth-order valence-corrected chi connectivity index (χ4v) is 6.81. The summed E-state index contributed by atoms with van der Waals surface area (Å²) < 4.78 is 25.0. The zero-order valence-electron chi connectivity index (χ0n) is 17.7. The van der Waals surface area contributed by atoms with Gasteiger partial charge in [0.15, 0.2) is 0 Å². The monoisotopic (exact) mass is 447 g/mol. The number of morpholine rings is 1. The highest BCUT2D eigenvalue weighted by Crippen LogP contribution is 2.48. The van der Waals surface area contributed by atoms with E-state index in [1.165, 1.54) is 10.4 Å². The molecule has 8 heteroatoms. The van der Waals surface area contributed by atoms with Crippen LogP contribution < -0.4 is 10.5 Å². The highest BCUT2D eigenvalue weighted by molar-refractivity contribution is 7.19. The molecule has 2 aromatic rings. The second kappa shape index (κ2) is 9.00. The molecule has 0 unspecified atom stereocenters. The van der Waals surface area contributed by atoms with Crippen LogP contribution in [0.25, 0.3) is 10.2 Å². The standard InChI is InChI=1S/C23H30FN3O3S/c24-12-17-13-27(9-10-29-17)15-2-4-16(5-3-15)30-18-7-8-26-23-22(18)21-14(11-20(25)28)1-6-19(21)31-23/h7-8,14-17H,1-6,9-13H2,(H2,25,28)/t14-,15?,16?,17+/m1/s1. The van der Waals surface area contributed by atoms with Crippen LogP contribution in [0.1, 0.15) is 54.9 Å². The Bertz CT molecular complexity index is 944. The van der Waals surface area contributed by atoms with Crippen molar-refractivity contribution in [2.45, 2.75) is 69.1 Å². The van der Waals surface area contributed by atoms with Crippen LogP contribution in [-0.4, -0.2) is 60.4 Å². The number of amides is 1. The SMILES string of the molecule is NC(=O)C[C@H]1CCc2sc3nccc(OC4CCC(N5CCO[C@@H](CF)C5)CC4)c3c21. The number of pyridine rings is 1. The second-order valence-electron chi connectivity index (χ2n) is 9.02. The number of aryl methyl sites for hydroxylation is 1. The first-order valence-electron chi connectivity index (χ1n) is 11.4. The Hall–Kier alpha value is -1.77. The van der Waals surface area contributed by atoms with E-state index in [0.717, 1.165) is 61.0 Å². The van der Waals surface area contributed by atoms with Crippen molar-refractivity contribution < 1.29 is 18.7 Å². The minimum atomic E-state index is -0.408. The van der Waals surface area contributed by atoms with Crippen molar-refractivity contribution >= 4 is 27.5 Å². The van der Waals surface area contributed by atoms with E-state index in [4.69, 9.17) is 15.2 Å². The molecule has 5 rings (SSSR count). The third-order valence-corrected chi connectivity index (χ3v) is 8.21. The molecule has 2 aliphatic carbocycles. The van der Waals surface area contributed by atoms with E-state index < -0.39 is 6.67 Å². The fourth-order valence-electron chi connectivity index (χ4n) is 5.55. The maximum atomic E-state index is 13.0. The van der Waals surface area contributed by atoms with Crippen molar-refractivity contribution in [2.75, 3.05) is 26.4 Å². The van der Waals surface area contributed by atoms with Crippen LogP contribution in [0.2, 0.25) is 0 Å². The summed E-state index contributed by atoms with van der Waals surface area (Å²) >= 11 is 1.72. The van der Waals surface area contributed by atoms with Crippen LogP contribution in [0.3, 0.4) is 0 Å². The number of alkyl halides is 1. The summed E-state index contributed by atoms with van der Waals surface area (Å²) in [7, 11) is 0. The molecule has 6 nitrogen and oxygen atoms in total. The topological polar surface area (TPSA) is 77.7 Å². The lowest BCUT2D eigenvalue weighted by Gasteiger charge is -2.40. The van der Waals surface area contributed by atoms with Crippen molar-refractivity contribution in [3.63, 3.8) is 0 Å². The van der Waals surface area contributed by atoms with E-state index in [1.54, 1.807) is 11.3 Å². The van der Waals surface area contributed by atoms with Gasteiger partial charge in [-0.2, -0.15) is 0 Å². The number of aromatic nitrogens is 1. The minimum Gasteiger partial charge on any atom is -0.490 e. The fraction of sp³-hybridized carbons (Fsp3) is 0.652. The van der Waals surface area contributed by atoms with Crippen molar-refractivity contribution in [3.05, 3.63) is 22.7 Å². The van der Waals surface area contributed by atoms with E-state index in [0.29, 0.717) is 25.6 Å². The summed E-state index contributed by atoms with van der Waals surface area (Å²) in [5.74, 6) is 0.819. The first-order valence-corrected chi connectivity index (χ1v) is 12.2. The Morgan fingerprint density at radius 2 is 2.16 bits per heavy atom. The van der Waals surface area contributed by atoms with Gasteiger partial charge in [-0.15, -0.1) is 11.3 Å². The van der Waals surface area contributed by atoms with Gasteiger partial charge in [0, 0.05) is 36.6 Å². The Morgan fingerprint density at radius 3 is 2.94 bits per heavy atom. The summed E-state index contributed by atoms with van der Waals surface area (Å²) in [5.41, 5.74) is 6.74. The Labute approximate surface area is 185 Å². The number of carbonyl (C=O) groups excluding carboxylic acids is 1. The molecule has 3 aliphatic rings. The maximum Gasteiger partial charge on any atom is 0.218 e. The average molecular weight is 448 g/mol. The number of primary amides is 1. The van der Waals surface area contributed by atoms with Gasteiger partial charge in [0.05, 0.1) is 24.2 Å². The number of halogens is 1. The maximum absolute atomic E-state index is 13.0. The quantitative estimate of drug-likeness (QED) is 0.733. The van der Waals surface area contributed by atoms with Gasteiger partial charge in [0.25, 0.3) is 0 Å². The number of rotatable bonds is 6. The Balaban J connectivity index is 1.28. The molecule has 0 bridgehead atoms. The van der Waals surface area contributed by atoms with Crippen LogP contribution in [0, 0.1) is 0 Å². The summed E-state index contributed by atoms with van der Waals surface area (Å²) in [4.78, 5) is 20.9. The number of hydrogen-bond donors (Lipinski definition) is 1. The molecule has 2 atom stereocenters. The highest BCUT2D eigenvalue weighted by Gasteiger charge is 2.33. The van der Waals surface area contributed by atoms with E-state index >= 15 is 0 Å². The average Bonchev–Trinajstić information content (AvgIpc) is 3.34. The third-order valence-electron chi connectivity index (χ3n) is 7.04. The van der Waals surface area contributed by atoms with Gasteiger partial charge in [0.2, 0.25) is 5.91 Å². The van der Waals surface area contributed by atoms with Crippen LogP contribution >= 0.6 is 11.3 Å². The minimum absolute atomic E-state index is 0.173. The summed E-state index contributed by atoms with van der Waals surface area (Å²) in [5, 5.41) is 1.09. The summed E-state index contributed by atoms with van der Waals surface area (Å²) in [6, 6.07) is 2.45. The van der Waals surface area contributed by atoms with Crippen molar-refractivity contribution in [1.29, 1.82) is 0 Å². The number of fused-ring (bicyclic) bond motifs is 3. The molecule has 168 valence electrons. The lowest BCUT2D eigenvalue weighted by molar-refractivity contribution is -0.118. The first-order chi connectivity index (χ1) is 15.1. The molecule has 2 aromatic heterocycles. The molecule has 0 spiro atoms. The number of ether oxygens (including phenoxy) is 2. The summed E-state index contributed by atoms with van der Waals surface area (Å²) in [6.45, 7) is 1.80. The Morgan fingerprint density at radius 1 is 1.32 bits per heavy atom. The van der Waals surface area contributed by atoms with E-state index in [-0.39, 0.29) is 24.0 Å². The molecule has 1 saturated heterocycles. The number of nitrogens with zero attached hydrogens (tertiary/aromatic N) is 2. The van der Waals surface area contributed by atoms with Gasteiger partial charge in [-0.25, -0.2) is 9.37 Å². The van der Waals surface area contributed by atoms with E-state index in [2.05, 4.69) is 9.88 Å². The third kappa shape index (κ3) is 4.30. The van der Waals surface area contributed by atoms with Crippen LogP contribution in [-0.2, 0) is 16.0 Å². The molecule has 0 aromatic carbocycles. The normalized spacial score (nSPS) is 29.2. The highest BCUT2D eigenvalue weighted by atomic mass is 32.1. The lowest BCUT2D eigenvalue weighted by Crippen LogP contribution is -2.50. The van der Waals surface area contributed by atoms with Crippen LogP contribution in [0.15, 0.2) is 12.3 Å². The van der Waals surface area contributed by atoms with Gasteiger partial charge in [-0.1, -0.05) is 0 Å². The van der Waals surface area contributed by atoms with Crippen molar-refractivity contribution in [2.24, 2.45) is 5.73 Å². The smallest absolute Gasteiger partial charge is 0.218 e. The molecule has 31 heavy (non-hydrogen) atoms. The molecule has 1 aliphatic heterocycles. The molecule has 3 heterocycles. The van der Waals surface area contributed by atoms with E-state index in [1.807, 2.05) is 12.3 Å². The second-order valence-corrected chi connectivity index (χ2v) is 10.1.